The molecule has 2 fully saturated rings. The molecule has 2 aliphatic carbocycles. The Balaban J connectivity index is 1.76. The van der Waals surface area contributed by atoms with Gasteiger partial charge in [-0.15, -0.1) is 0 Å². The second-order valence-corrected chi connectivity index (χ2v) is 7.48. The highest BCUT2D eigenvalue weighted by atomic mass is 19.4. The van der Waals surface area contributed by atoms with Crippen molar-refractivity contribution in [2.75, 3.05) is 0 Å². The lowest BCUT2D eigenvalue weighted by Crippen LogP contribution is -2.28. The van der Waals surface area contributed by atoms with Gasteiger partial charge in [0.1, 0.15) is 11.4 Å². The van der Waals surface area contributed by atoms with E-state index in [-0.39, 0.29) is 29.2 Å². The molecule has 6 heteroatoms. The molecule has 2 saturated carbocycles. The van der Waals surface area contributed by atoms with Gasteiger partial charge in [0.15, 0.2) is 0 Å². The molecule has 0 atom stereocenters. The zero-order chi connectivity index (χ0) is 17.0. The van der Waals surface area contributed by atoms with Crippen LogP contribution in [0, 0.1) is 11.3 Å². The van der Waals surface area contributed by atoms with E-state index in [0.717, 1.165) is 18.9 Å². The molecule has 2 aliphatic rings. The van der Waals surface area contributed by atoms with Crippen LogP contribution in [0.5, 0.6) is 5.75 Å². The average Bonchev–Trinajstić information content (AvgIpc) is 3.22. The van der Waals surface area contributed by atoms with Crippen molar-refractivity contribution >= 4 is 5.91 Å². The van der Waals surface area contributed by atoms with E-state index in [1.54, 1.807) is 20.8 Å². The number of ether oxygens (including phenoxy) is 1. The molecular weight excluding hydrogens is 307 g/mol. The standard InChI is InChI=1S/C17H20F3NO2/c1-15(2,3)23-12-5-4-10(13(6-12)17(18,19)20)9-21-14(22)16-7-11(16)8-16/h4-6,11H,7-9H2,1-3H3,(H,21,22). The van der Waals surface area contributed by atoms with Gasteiger partial charge in [-0.3, -0.25) is 4.79 Å². The quantitative estimate of drug-likeness (QED) is 0.910. The Hall–Kier alpha value is -1.72. The molecule has 3 rings (SSSR count). The van der Waals surface area contributed by atoms with E-state index in [1.807, 2.05) is 0 Å². The summed E-state index contributed by atoms with van der Waals surface area (Å²) in [6.07, 6.45) is -2.73. The molecule has 0 bridgehead atoms. The predicted molar refractivity (Wildman–Crippen MR) is 78.8 cm³/mol. The first kappa shape index (κ1) is 16.1. The van der Waals surface area contributed by atoms with E-state index in [4.69, 9.17) is 4.74 Å². The third-order valence-electron chi connectivity index (χ3n) is 4.38. The van der Waals surface area contributed by atoms with Gasteiger partial charge < -0.3 is 10.1 Å². The van der Waals surface area contributed by atoms with E-state index < -0.39 is 17.3 Å². The second kappa shape index (κ2) is 4.89. The molecule has 0 radical (unpaired) electrons. The fourth-order valence-electron chi connectivity index (χ4n) is 2.81. The van der Waals surface area contributed by atoms with Crippen LogP contribution < -0.4 is 10.1 Å². The summed E-state index contributed by atoms with van der Waals surface area (Å²) < 4.78 is 45.3. The molecule has 3 nitrogen and oxygen atoms in total. The van der Waals surface area contributed by atoms with Crippen molar-refractivity contribution in [1.82, 2.24) is 5.32 Å². The molecule has 0 spiro atoms. The Morgan fingerprint density at radius 2 is 1.91 bits per heavy atom. The highest BCUT2D eigenvalue weighted by Crippen LogP contribution is 2.75. The van der Waals surface area contributed by atoms with Crippen LogP contribution in [0.3, 0.4) is 0 Å². The summed E-state index contributed by atoms with van der Waals surface area (Å²) in [6, 6.07) is 3.89. The zero-order valence-electron chi connectivity index (χ0n) is 13.4. The van der Waals surface area contributed by atoms with Crippen molar-refractivity contribution in [2.24, 2.45) is 11.3 Å². The van der Waals surface area contributed by atoms with Gasteiger partial charge in [0.25, 0.3) is 0 Å². The summed E-state index contributed by atoms with van der Waals surface area (Å²) in [7, 11) is 0. The summed E-state index contributed by atoms with van der Waals surface area (Å²) in [5.74, 6) is 0.515. The molecule has 0 saturated heterocycles. The number of halogens is 3. The molecule has 126 valence electrons. The number of benzene rings is 1. The lowest BCUT2D eigenvalue weighted by molar-refractivity contribution is -0.138. The number of rotatable bonds is 4. The minimum absolute atomic E-state index is 0.0568. The molecular formula is C17H20F3NO2. The average molecular weight is 327 g/mol. The van der Waals surface area contributed by atoms with Gasteiger partial charge in [-0.1, -0.05) is 6.07 Å². The van der Waals surface area contributed by atoms with Crippen LogP contribution in [0.1, 0.15) is 44.7 Å². The molecule has 1 amide bonds. The van der Waals surface area contributed by atoms with Gasteiger partial charge in [0.2, 0.25) is 5.91 Å². The molecule has 23 heavy (non-hydrogen) atoms. The fraction of sp³-hybridized carbons (Fsp3) is 0.588. The first-order valence-electron chi connectivity index (χ1n) is 7.69. The molecule has 1 aromatic rings. The molecule has 0 aromatic heterocycles. The van der Waals surface area contributed by atoms with E-state index in [1.165, 1.54) is 12.1 Å². The van der Waals surface area contributed by atoms with Gasteiger partial charge in [0.05, 0.1) is 11.0 Å². The number of amides is 1. The van der Waals surface area contributed by atoms with E-state index >= 15 is 0 Å². The maximum Gasteiger partial charge on any atom is 0.416 e. The number of carbonyl (C=O) groups is 1. The number of alkyl halides is 3. The summed E-state index contributed by atoms with van der Waals surface area (Å²) in [4.78, 5) is 11.9. The summed E-state index contributed by atoms with van der Waals surface area (Å²) in [5.41, 5.74) is -1.53. The van der Waals surface area contributed by atoms with Crippen molar-refractivity contribution in [2.45, 2.75) is 51.9 Å². The monoisotopic (exact) mass is 327 g/mol. The first-order valence-corrected chi connectivity index (χ1v) is 7.69. The molecule has 1 N–H and O–H groups in total. The molecule has 1 aromatic carbocycles. The normalized spacial score (nSPS) is 25.6. The van der Waals surface area contributed by atoms with Gasteiger partial charge in [-0.05, 0) is 57.2 Å². The summed E-state index contributed by atoms with van der Waals surface area (Å²) in [5, 5.41) is 2.64. The number of nitrogens with one attached hydrogen (secondary N) is 1. The maximum atomic E-state index is 13.3. The van der Waals surface area contributed by atoms with Crippen molar-refractivity contribution in [3.63, 3.8) is 0 Å². The van der Waals surface area contributed by atoms with Crippen LogP contribution >= 0.6 is 0 Å². The minimum atomic E-state index is -4.49. The molecule has 0 heterocycles. The van der Waals surface area contributed by atoms with Crippen molar-refractivity contribution in [3.8, 4) is 5.75 Å². The van der Waals surface area contributed by atoms with Crippen LogP contribution in [-0.2, 0) is 17.5 Å². The molecule has 0 unspecified atom stereocenters. The zero-order valence-corrected chi connectivity index (χ0v) is 13.4. The topological polar surface area (TPSA) is 38.3 Å². The van der Waals surface area contributed by atoms with Crippen LogP contribution in [0.4, 0.5) is 13.2 Å². The second-order valence-electron chi connectivity index (χ2n) is 7.48. The van der Waals surface area contributed by atoms with Crippen molar-refractivity contribution in [3.05, 3.63) is 29.3 Å². The van der Waals surface area contributed by atoms with E-state index in [2.05, 4.69) is 5.32 Å². The fourth-order valence-corrected chi connectivity index (χ4v) is 2.81. The Kier molecular flexibility index (Phi) is 3.43. The Morgan fingerprint density at radius 1 is 1.30 bits per heavy atom. The third kappa shape index (κ3) is 3.31. The summed E-state index contributed by atoms with van der Waals surface area (Å²) >= 11 is 0. The number of fused-ring (bicyclic) bond motifs is 1. The van der Waals surface area contributed by atoms with Crippen LogP contribution in [0.2, 0.25) is 0 Å². The van der Waals surface area contributed by atoms with Gasteiger partial charge in [-0.25, -0.2) is 0 Å². The van der Waals surface area contributed by atoms with E-state index in [0.29, 0.717) is 5.92 Å². The molecule has 0 aliphatic heterocycles. The Morgan fingerprint density at radius 3 is 2.39 bits per heavy atom. The lowest BCUT2D eigenvalue weighted by atomic mass is 10.1. The Labute approximate surface area is 133 Å². The van der Waals surface area contributed by atoms with Gasteiger partial charge >= 0.3 is 6.18 Å². The van der Waals surface area contributed by atoms with Crippen LogP contribution in [0.25, 0.3) is 0 Å². The van der Waals surface area contributed by atoms with Crippen LogP contribution in [-0.4, -0.2) is 11.5 Å². The highest BCUT2D eigenvalue weighted by molar-refractivity contribution is 5.90. The number of hydrogen-bond acceptors (Lipinski definition) is 2. The first-order chi connectivity index (χ1) is 10.5. The smallest absolute Gasteiger partial charge is 0.416 e. The number of carbonyl (C=O) groups excluding carboxylic acids is 1. The van der Waals surface area contributed by atoms with Gasteiger partial charge in [0, 0.05) is 6.54 Å². The lowest BCUT2D eigenvalue weighted by Gasteiger charge is -2.23. The number of hydrogen-bond donors (Lipinski definition) is 1. The minimum Gasteiger partial charge on any atom is -0.488 e. The summed E-state index contributed by atoms with van der Waals surface area (Å²) in [6.45, 7) is 5.21. The van der Waals surface area contributed by atoms with Crippen molar-refractivity contribution < 1.29 is 22.7 Å². The largest absolute Gasteiger partial charge is 0.488 e. The third-order valence-corrected chi connectivity index (χ3v) is 4.38. The van der Waals surface area contributed by atoms with Crippen LogP contribution in [0.15, 0.2) is 18.2 Å². The Bertz CT molecular complexity index is 640. The highest BCUT2D eigenvalue weighted by Gasteiger charge is 2.74. The van der Waals surface area contributed by atoms with Gasteiger partial charge in [-0.2, -0.15) is 13.2 Å². The maximum absolute atomic E-state index is 13.3. The van der Waals surface area contributed by atoms with Crippen molar-refractivity contribution in [1.29, 1.82) is 0 Å². The predicted octanol–water partition coefficient (Wildman–Crippen LogP) is 3.91. The van der Waals surface area contributed by atoms with E-state index in [9.17, 15) is 18.0 Å². The SMILES string of the molecule is CC(C)(C)Oc1ccc(CNC(=O)C23CC2C3)c(C(F)(F)F)c1.